The Bertz CT molecular complexity index is 547. The van der Waals surface area contributed by atoms with E-state index in [1.54, 1.807) is 11.3 Å². The Morgan fingerprint density at radius 2 is 2.12 bits per heavy atom. The summed E-state index contributed by atoms with van der Waals surface area (Å²) in [7, 11) is 0. The minimum atomic E-state index is 0.680. The number of aliphatic imine (C=N–C) groups is 1. The number of nitrogens with two attached hydrogens (primary N) is 1. The second kappa shape index (κ2) is 8.30. The van der Waals surface area contributed by atoms with Crippen LogP contribution in [0.25, 0.3) is 0 Å². The summed E-state index contributed by atoms with van der Waals surface area (Å²) in [5, 5.41) is 3.35. The summed E-state index contributed by atoms with van der Waals surface area (Å²) >= 11 is 1.74. The molecule has 3 rings (SSSR count). The smallest absolute Gasteiger partial charge is 0.191 e. The number of rotatable bonds is 4. The van der Waals surface area contributed by atoms with Crippen molar-refractivity contribution in [2.45, 2.75) is 46.1 Å². The summed E-state index contributed by atoms with van der Waals surface area (Å²) in [6.45, 7) is 10.7. The van der Waals surface area contributed by atoms with Gasteiger partial charge in [-0.2, -0.15) is 0 Å². The molecular formula is C18H31N5S. The van der Waals surface area contributed by atoms with Gasteiger partial charge in [0.25, 0.3) is 0 Å². The maximum Gasteiger partial charge on any atom is 0.191 e. The molecule has 2 N–H and O–H groups in total. The Morgan fingerprint density at radius 1 is 1.33 bits per heavy atom. The number of guanidine groups is 1. The van der Waals surface area contributed by atoms with Crippen LogP contribution in [0.4, 0.5) is 0 Å². The summed E-state index contributed by atoms with van der Waals surface area (Å²) in [5.41, 5.74) is 7.44. The largest absolute Gasteiger partial charge is 0.370 e. The summed E-state index contributed by atoms with van der Waals surface area (Å²) in [5.74, 6) is 2.19. The predicted octanol–water partition coefficient (Wildman–Crippen LogP) is 2.71. The first-order chi connectivity index (χ1) is 11.6. The van der Waals surface area contributed by atoms with E-state index in [-0.39, 0.29) is 0 Å². The summed E-state index contributed by atoms with van der Waals surface area (Å²) in [4.78, 5) is 14.1. The van der Waals surface area contributed by atoms with Gasteiger partial charge < -0.3 is 10.6 Å². The van der Waals surface area contributed by atoms with Gasteiger partial charge in [0.05, 0.1) is 10.7 Å². The van der Waals surface area contributed by atoms with Crippen LogP contribution in [0.15, 0.2) is 10.4 Å². The highest BCUT2D eigenvalue weighted by molar-refractivity contribution is 7.09. The van der Waals surface area contributed by atoms with E-state index in [1.165, 1.54) is 31.4 Å². The average Bonchev–Trinajstić information content (AvgIpc) is 2.99. The molecule has 2 aliphatic heterocycles. The molecular weight excluding hydrogens is 318 g/mol. The van der Waals surface area contributed by atoms with E-state index in [9.17, 15) is 0 Å². The average molecular weight is 350 g/mol. The van der Waals surface area contributed by atoms with E-state index in [0.29, 0.717) is 5.92 Å². The fraction of sp³-hybridized carbons (Fsp3) is 0.778. The van der Waals surface area contributed by atoms with Gasteiger partial charge in [-0.15, -0.1) is 11.3 Å². The Kier molecular flexibility index (Phi) is 6.11. The van der Waals surface area contributed by atoms with Gasteiger partial charge in [0.1, 0.15) is 0 Å². The van der Waals surface area contributed by atoms with Crippen LogP contribution in [-0.4, -0.2) is 53.5 Å². The van der Waals surface area contributed by atoms with Crippen molar-refractivity contribution in [1.29, 1.82) is 0 Å². The molecule has 5 nitrogen and oxygen atoms in total. The lowest BCUT2D eigenvalue weighted by atomic mass is 9.97. The summed E-state index contributed by atoms with van der Waals surface area (Å²) in [6, 6.07) is 0. The molecule has 1 aromatic rings. The molecule has 0 radical (unpaired) electrons. The summed E-state index contributed by atoms with van der Waals surface area (Å²) in [6.07, 6.45) is 5.00. The zero-order valence-corrected chi connectivity index (χ0v) is 15.9. The molecule has 1 atom stereocenters. The molecule has 0 spiro atoms. The van der Waals surface area contributed by atoms with E-state index in [0.717, 1.165) is 56.2 Å². The predicted molar refractivity (Wildman–Crippen MR) is 101 cm³/mol. The molecule has 1 unspecified atom stereocenters. The fourth-order valence-corrected chi connectivity index (χ4v) is 4.36. The van der Waals surface area contributed by atoms with Crippen LogP contribution in [0.3, 0.4) is 0 Å². The van der Waals surface area contributed by atoms with Crippen molar-refractivity contribution in [3.63, 3.8) is 0 Å². The lowest BCUT2D eigenvalue weighted by Crippen LogP contribution is -2.44. The highest BCUT2D eigenvalue weighted by atomic mass is 32.1. The van der Waals surface area contributed by atoms with Crippen molar-refractivity contribution in [2.24, 2.45) is 22.6 Å². The number of nitrogens with zero attached hydrogens (tertiary/aromatic N) is 4. The van der Waals surface area contributed by atoms with Gasteiger partial charge in [-0.05, 0) is 57.5 Å². The van der Waals surface area contributed by atoms with Crippen LogP contribution in [0.5, 0.6) is 0 Å². The van der Waals surface area contributed by atoms with Crippen LogP contribution in [0.2, 0.25) is 0 Å². The number of thiazole rings is 1. The fourth-order valence-electron chi connectivity index (χ4n) is 3.76. The van der Waals surface area contributed by atoms with E-state index in [4.69, 9.17) is 10.7 Å². The van der Waals surface area contributed by atoms with Crippen LogP contribution in [0, 0.1) is 18.8 Å². The Morgan fingerprint density at radius 3 is 2.79 bits per heavy atom. The molecule has 24 heavy (non-hydrogen) atoms. The van der Waals surface area contributed by atoms with Crippen LogP contribution in [0.1, 0.15) is 43.3 Å². The minimum absolute atomic E-state index is 0.680. The third-order valence-electron chi connectivity index (χ3n) is 5.25. The second-order valence-electron chi connectivity index (χ2n) is 7.47. The topological polar surface area (TPSA) is 57.8 Å². The third kappa shape index (κ3) is 4.93. The molecule has 0 bridgehead atoms. The quantitative estimate of drug-likeness (QED) is 0.671. The van der Waals surface area contributed by atoms with Gasteiger partial charge in [0, 0.05) is 31.6 Å². The normalized spacial score (nSPS) is 24.5. The first kappa shape index (κ1) is 17.7. The molecule has 0 aromatic carbocycles. The molecule has 3 heterocycles. The number of aryl methyl sites for hydroxylation is 1. The van der Waals surface area contributed by atoms with Crippen LogP contribution in [-0.2, 0) is 6.54 Å². The number of likely N-dealkylation sites (tertiary alicyclic amines) is 2. The molecule has 1 aromatic heterocycles. The van der Waals surface area contributed by atoms with Gasteiger partial charge in [0.2, 0.25) is 0 Å². The van der Waals surface area contributed by atoms with Gasteiger partial charge >= 0.3 is 0 Å². The maximum atomic E-state index is 6.22. The highest BCUT2D eigenvalue weighted by Crippen LogP contribution is 2.20. The first-order valence-electron chi connectivity index (χ1n) is 9.28. The van der Waals surface area contributed by atoms with Crippen molar-refractivity contribution >= 4 is 17.3 Å². The molecule has 6 heteroatoms. The lowest BCUT2D eigenvalue weighted by Gasteiger charge is -2.33. The monoisotopic (exact) mass is 349 g/mol. The highest BCUT2D eigenvalue weighted by Gasteiger charge is 2.21. The zero-order chi connectivity index (χ0) is 16.9. The second-order valence-corrected chi connectivity index (χ2v) is 8.53. The van der Waals surface area contributed by atoms with Crippen LogP contribution >= 0.6 is 11.3 Å². The minimum Gasteiger partial charge on any atom is -0.370 e. The number of aromatic nitrogens is 1. The SMILES string of the molecule is Cc1nc(CN2CCC(CN=C(N)N3CCCC(C)C3)CC2)cs1. The molecule has 0 amide bonds. The Labute approximate surface area is 150 Å². The molecule has 134 valence electrons. The molecule has 2 fully saturated rings. The lowest BCUT2D eigenvalue weighted by molar-refractivity contribution is 0.178. The van der Waals surface area contributed by atoms with Gasteiger partial charge in [-0.1, -0.05) is 6.92 Å². The van der Waals surface area contributed by atoms with Crippen molar-refractivity contribution in [2.75, 3.05) is 32.7 Å². The molecule has 0 saturated carbocycles. The van der Waals surface area contributed by atoms with Crippen molar-refractivity contribution in [3.05, 3.63) is 16.1 Å². The third-order valence-corrected chi connectivity index (χ3v) is 6.07. The van der Waals surface area contributed by atoms with Gasteiger partial charge in [0.15, 0.2) is 5.96 Å². The van der Waals surface area contributed by atoms with Crippen molar-refractivity contribution < 1.29 is 0 Å². The van der Waals surface area contributed by atoms with Crippen molar-refractivity contribution in [3.8, 4) is 0 Å². The van der Waals surface area contributed by atoms with E-state index in [2.05, 4.69) is 34.0 Å². The van der Waals surface area contributed by atoms with Gasteiger partial charge in [-0.25, -0.2) is 4.98 Å². The van der Waals surface area contributed by atoms with Gasteiger partial charge in [-0.3, -0.25) is 9.89 Å². The van der Waals surface area contributed by atoms with Crippen LogP contribution < -0.4 is 5.73 Å². The number of hydrogen-bond acceptors (Lipinski definition) is 4. The first-order valence-corrected chi connectivity index (χ1v) is 10.2. The molecule has 2 aliphatic rings. The van der Waals surface area contributed by atoms with E-state index in [1.807, 2.05) is 0 Å². The zero-order valence-electron chi connectivity index (χ0n) is 15.1. The molecule has 0 aliphatic carbocycles. The number of piperidine rings is 2. The summed E-state index contributed by atoms with van der Waals surface area (Å²) < 4.78 is 0. The molecule has 2 saturated heterocycles. The maximum absolute atomic E-state index is 6.22. The Hall–Kier alpha value is -1.14. The standard InChI is InChI=1S/C18H31N5S/c1-14-4-3-7-23(11-14)18(19)20-10-16-5-8-22(9-6-16)12-17-13-24-15(2)21-17/h13-14,16H,3-12H2,1-2H3,(H2,19,20). The van der Waals surface area contributed by atoms with E-state index >= 15 is 0 Å². The van der Waals surface area contributed by atoms with E-state index < -0.39 is 0 Å². The number of hydrogen-bond donors (Lipinski definition) is 1. The van der Waals surface area contributed by atoms with Crippen molar-refractivity contribution in [1.82, 2.24) is 14.8 Å². The Balaban J connectivity index is 1.41.